The van der Waals surface area contributed by atoms with Crippen molar-refractivity contribution in [3.05, 3.63) is 65.2 Å². The van der Waals surface area contributed by atoms with Crippen molar-refractivity contribution in [3.8, 4) is 5.75 Å². The van der Waals surface area contributed by atoms with Crippen LogP contribution in [-0.4, -0.2) is 5.11 Å². The molecule has 100 valence electrons. The van der Waals surface area contributed by atoms with Crippen molar-refractivity contribution < 1.29 is 18.3 Å². The summed E-state index contributed by atoms with van der Waals surface area (Å²) >= 11 is 0. The van der Waals surface area contributed by atoms with Gasteiger partial charge in [0.25, 0.3) is 0 Å². The Labute approximate surface area is 109 Å². The molecule has 0 radical (unpaired) electrons. The number of hydrogen-bond donors (Lipinski definition) is 1. The number of phenols is 1. The first-order valence-corrected chi connectivity index (χ1v) is 5.84. The average molecular weight is 266 g/mol. The van der Waals surface area contributed by atoms with Crippen LogP contribution in [0.5, 0.6) is 5.75 Å². The highest BCUT2D eigenvalue weighted by atomic mass is 19.4. The molecule has 0 bridgehead atoms. The normalized spacial score (nSPS) is 13.3. The second-order valence-corrected chi connectivity index (χ2v) is 4.43. The second-order valence-electron chi connectivity index (χ2n) is 4.43. The van der Waals surface area contributed by atoms with Crippen molar-refractivity contribution in [2.24, 2.45) is 0 Å². The maximum atomic E-state index is 12.5. The highest BCUT2D eigenvalue weighted by Crippen LogP contribution is 2.31. The van der Waals surface area contributed by atoms with E-state index in [4.69, 9.17) is 0 Å². The van der Waals surface area contributed by atoms with Crippen LogP contribution in [0, 0.1) is 0 Å². The van der Waals surface area contributed by atoms with E-state index in [1.54, 1.807) is 24.3 Å². The number of rotatable bonds is 2. The third-order valence-corrected chi connectivity index (χ3v) is 3.13. The molecule has 0 heterocycles. The minimum atomic E-state index is -4.31. The standard InChI is InChI=1S/C15H13F3O/c1-10(12-4-8-14(19)9-5-12)11-2-6-13(7-3-11)15(16,17)18/h2-10,19H,1H3. The Balaban J connectivity index is 2.25. The van der Waals surface area contributed by atoms with Crippen molar-refractivity contribution in [1.82, 2.24) is 0 Å². The van der Waals surface area contributed by atoms with Gasteiger partial charge in [-0.1, -0.05) is 31.2 Å². The molecule has 19 heavy (non-hydrogen) atoms. The molecule has 1 unspecified atom stereocenters. The Bertz CT molecular complexity index is 541. The largest absolute Gasteiger partial charge is 0.508 e. The number of benzene rings is 2. The highest BCUT2D eigenvalue weighted by molar-refractivity contribution is 5.36. The summed E-state index contributed by atoms with van der Waals surface area (Å²) < 4.78 is 37.4. The topological polar surface area (TPSA) is 20.2 Å². The van der Waals surface area contributed by atoms with Crippen LogP contribution in [-0.2, 0) is 6.18 Å². The number of aromatic hydroxyl groups is 1. The van der Waals surface area contributed by atoms with Gasteiger partial charge in [0.2, 0.25) is 0 Å². The van der Waals surface area contributed by atoms with Gasteiger partial charge in [-0.15, -0.1) is 0 Å². The van der Waals surface area contributed by atoms with E-state index in [-0.39, 0.29) is 11.7 Å². The minimum Gasteiger partial charge on any atom is -0.508 e. The van der Waals surface area contributed by atoms with Crippen LogP contribution >= 0.6 is 0 Å². The molecule has 1 nitrogen and oxygen atoms in total. The van der Waals surface area contributed by atoms with Crippen LogP contribution in [0.2, 0.25) is 0 Å². The molecule has 0 aliphatic rings. The first-order chi connectivity index (χ1) is 8.88. The van der Waals surface area contributed by atoms with Crippen molar-refractivity contribution in [2.75, 3.05) is 0 Å². The van der Waals surface area contributed by atoms with Gasteiger partial charge < -0.3 is 5.11 Å². The van der Waals surface area contributed by atoms with Crippen LogP contribution < -0.4 is 0 Å². The SMILES string of the molecule is CC(c1ccc(O)cc1)c1ccc(C(F)(F)F)cc1. The van der Waals surface area contributed by atoms with E-state index in [0.717, 1.165) is 23.3 Å². The van der Waals surface area contributed by atoms with Gasteiger partial charge in [0, 0.05) is 5.92 Å². The Morgan fingerprint density at radius 3 is 1.68 bits per heavy atom. The zero-order chi connectivity index (χ0) is 14.0. The molecule has 2 rings (SSSR count). The minimum absolute atomic E-state index is 0.0251. The molecule has 0 fully saturated rings. The molecule has 0 saturated heterocycles. The monoisotopic (exact) mass is 266 g/mol. The molecule has 0 spiro atoms. The van der Waals surface area contributed by atoms with Gasteiger partial charge in [-0.2, -0.15) is 13.2 Å². The Kier molecular flexibility index (Phi) is 3.51. The molecule has 0 aliphatic carbocycles. The predicted molar refractivity (Wildman–Crippen MR) is 67.1 cm³/mol. The van der Waals surface area contributed by atoms with Gasteiger partial charge in [0.15, 0.2) is 0 Å². The zero-order valence-electron chi connectivity index (χ0n) is 10.3. The van der Waals surface area contributed by atoms with E-state index in [1.165, 1.54) is 12.1 Å². The number of phenolic OH excluding ortho intramolecular Hbond substituents is 1. The predicted octanol–water partition coefficient (Wildman–Crippen LogP) is 4.56. The summed E-state index contributed by atoms with van der Waals surface area (Å²) in [6.45, 7) is 1.91. The van der Waals surface area contributed by atoms with Gasteiger partial charge in [-0.05, 0) is 35.4 Å². The lowest BCUT2D eigenvalue weighted by Crippen LogP contribution is -2.05. The summed E-state index contributed by atoms with van der Waals surface area (Å²) in [5.74, 6) is 0.145. The molecule has 0 aromatic heterocycles. The summed E-state index contributed by atoms with van der Waals surface area (Å²) in [7, 11) is 0. The lowest BCUT2D eigenvalue weighted by molar-refractivity contribution is -0.137. The fourth-order valence-corrected chi connectivity index (χ4v) is 1.92. The summed E-state index contributed by atoms with van der Waals surface area (Å²) in [5.41, 5.74) is 1.10. The third kappa shape index (κ3) is 3.08. The number of alkyl halides is 3. The van der Waals surface area contributed by atoms with E-state index in [1.807, 2.05) is 6.92 Å². The van der Waals surface area contributed by atoms with Crippen LogP contribution in [0.1, 0.15) is 29.5 Å². The maximum Gasteiger partial charge on any atom is 0.416 e. The molecule has 1 atom stereocenters. The van der Waals surface area contributed by atoms with Gasteiger partial charge in [0.05, 0.1) is 5.56 Å². The molecular formula is C15H13F3O. The van der Waals surface area contributed by atoms with E-state index in [2.05, 4.69) is 0 Å². The lowest BCUT2D eigenvalue weighted by atomic mass is 9.92. The molecule has 0 amide bonds. The first kappa shape index (κ1) is 13.5. The number of hydrogen-bond acceptors (Lipinski definition) is 1. The van der Waals surface area contributed by atoms with Crippen molar-refractivity contribution >= 4 is 0 Å². The highest BCUT2D eigenvalue weighted by Gasteiger charge is 2.30. The first-order valence-electron chi connectivity index (χ1n) is 5.84. The van der Waals surface area contributed by atoms with Crippen LogP contribution in [0.4, 0.5) is 13.2 Å². The van der Waals surface area contributed by atoms with Crippen molar-refractivity contribution in [3.63, 3.8) is 0 Å². The smallest absolute Gasteiger partial charge is 0.416 e. The van der Waals surface area contributed by atoms with E-state index in [9.17, 15) is 18.3 Å². The van der Waals surface area contributed by atoms with Crippen molar-refractivity contribution in [1.29, 1.82) is 0 Å². The lowest BCUT2D eigenvalue weighted by Gasteiger charge is -2.14. The molecule has 0 aliphatic heterocycles. The van der Waals surface area contributed by atoms with Gasteiger partial charge in [-0.3, -0.25) is 0 Å². The van der Waals surface area contributed by atoms with Gasteiger partial charge >= 0.3 is 6.18 Å². The third-order valence-electron chi connectivity index (χ3n) is 3.13. The van der Waals surface area contributed by atoms with Gasteiger partial charge in [0.1, 0.15) is 5.75 Å². The fourth-order valence-electron chi connectivity index (χ4n) is 1.92. The Morgan fingerprint density at radius 2 is 1.26 bits per heavy atom. The zero-order valence-corrected chi connectivity index (χ0v) is 10.3. The Hall–Kier alpha value is -1.97. The van der Waals surface area contributed by atoms with Crippen molar-refractivity contribution in [2.45, 2.75) is 19.0 Å². The molecule has 1 N–H and O–H groups in total. The van der Waals surface area contributed by atoms with E-state index in [0.29, 0.717) is 0 Å². The molecule has 0 saturated carbocycles. The van der Waals surface area contributed by atoms with Crippen LogP contribution in [0.3, 0.4) is 0 Å². The second kappa shape index (κ2) is 4.96. The summed E-state index contributed by atoms with van der Waals surface area (Å²) in [6, 6.07) is 11.8. The van der Waals surface area contributed by atoms with Crippen LogP contribution in [0.25, 0.3) is 0 Å². The summed E-state index contributed by atoms with van der Waals surface area (Å²) in [6.07, 6.45) is -4.31. The number of halogens is 3. The maximum absolute atomic E-state index is 12.5. The molecule has 4 heteroatoms. The molecule has 2 aromatic carbocycles. The molecular weight excluding hydrogens is 253 g/mol. The van der Waals surface area contributed by atoms with Gasteiger partial charge in [-0.25, -0.2) is 0 Å². The van der Waals surface area contributed by atoms with E-state index < -0.39 is 11.7 Å². The molecule has 2 aromatic rings. The average Bonchev–Trinajstić information content (AvgIpc) is 2.38. The summed E-state index contributed by atoms with van der Waals surface area (Å²) in [4.78, 5) is 0. The Morgan fingerprint density at radius 1 is 0.842 bits per heavy atom. The summed E-state index contributed by atoms with van der Waals surface area (Å²) in [5, 5.41) is 9.21. The van der Waals surface area contributed by atoms with E-state index >= 15 is 0 Å². The fraction of sp³-hybridized carbons (Fsp3) is 0.200. The quantitative estimate of drug-likeness (QED) is 0.844. The van der Waals surface area contributed by atoms with Crippen LogP contribution in [0.15, 0.2) is 48.5 Å².